The van der Waals surface area contributed by atoms with Crippen molar-refractivity contribution < 1.29 is 14.0 Å². The van der Waals surface area contributed by atoms with Crippen LogP contribution in [0, 0.1) is 11.7 Å². The number of benzene rings is 1. The Morgan fingerprint density at radius 2 is 1.65 bits per heavy atom. The molecule has 0 bridgehead atoms. The van der Waals surface area contributed by atoms with Crippen LogP contribution in [0.1, 0.15) is 58.9 Å². The zero-order chi connectivity index (χ0) is 19.5. The Morgan fingerprint density at radius 3 is 2.23 bits per heavy atom. The number of halogens is 1. The van der Waals surface area contributed by atoms with Gasteiger partial charge in [0.1, 0.15) is 11.9 Å². The summed E-state index contributed by atoms with van der Waals surface area (Å²) in [6, 6.07) is 5.03. The van der Waals surface area contributed by atoms with Crippen molar-refractivity contribution in [3.63, 3.8) is 0 Å². The van der Waals surface area contributed by atoms with Gasteiger partial charge in [-0.25, -0.2) is 9.18 Å². The van der Waals surface area contributed by atoms with Gasteiger partial charge in [0, 0.05) is 12.6 Å². The fourth-order valence-corrected chi connectivity index (χ4v) is 2.55. The van der Waals surface area contributed by atoms with E-state index < -0.39 is 12.1 Å². The monoisotopic (exact) mass is 365 g/mol. The normalized spacial score (nSPS) is 13.2. The first-order chi connectivity index (χ1) is 12.3. The lowest BCUT2D eigenvalue weighted by Gasteiger charge is -2.21. The summed E-state index contributed by atoms with van der Waals surface area (Å²) in [7, 11) is 0. The highest BCUT2D eigenvalue weighted by molar-refractivity contribution is 5.87. The van der Waals surface area contributed by atoms with Crippen LogP contribution >= 0.6 is 0 Å². The Balaban J connectivity index is 2.47. The van der Waals surface area contributed by atoms with Gasteiger partial charge >= 0.3 is 6.03 Å². The highest BCUT2D eigenvalue weighted by Crippen LogP contribution is 2.07. The lowest BCUT2D eigenvalue weighted by molar-refractivity contribution is -0.123. The molecule has 0 unspecified atom stereocenters. The first-order valence-corrected chi connectivity index (χ1v) is 9.41. The molecule has 1 rings (SSSR count). The Hall–Kier alpha value is -2.11. The third-order valence-electron chi connectivity index (χ3n) is 4.13. The van der Waals surface area contributed by atoms with E-state index in [1.54, 1.807) is 12.1 Å². The van der Waals surface area contributed by atoms with Gasteiger partial charge in [-0.3, -0.25) is 4.79 Å². The maximum Gasteiger partial charge on any atom is 0.315 e. The fraction of sp³-hybridized carbons (Fsp3) is 0.600. The van der Waals surface area contributed by atoms with Crippen LogP contribution in [0.3, 0.4) is 0 Å². The van der Waals surface area contributed by atoms with Gasteiger partial charge in [-0.2, -0.15) is 0 Å². The first-order valence-electron chi connectivity index (χ1n) is 9.41. The van der Waals surface area contributed by atoms with Crippen molar-refractivity contribution in [3.05, 3.63) is 35.6 Å². The Labute approximate surface area is 156 Å². The molecule has 0 aliphatic heterocycles. The van der Waals surface area contributed by atoms with Crippen LogP contribution in [0.15, 0.2) is 24.3 Å². The average Bonchev–Trinajstić information content (AvgIpc) is 2.59. The molecular weight excluding hydrogens is 333 g/mol. The third kappa shape index (κ3) is 8.83. The molecule has 0 saturated carbocycles. The van der Waals surface area contributed by atoms with Gasteiger partial charge in [-0.1, -0.05) is 39.3 Å². The molecule has 0 radical (unpaired) electrons. The van der Waals surface area contributed by atoms with Crippen LogP contribution in [-0.4, -0.2) is 24.0 Å². The summed E-state index contributed by atoms with van der Waals surface area (Å²) >= 11 is 0. The second-order valence-corrected chi connectivity index (χ2v) is 7.18. The van der Waals surface area contributed by atoms with E-state index in [4.69, 9.17) is 0 Å². The molecule has 1 aromatic carbocycles. The van der Waals surface area contributed by atoms with Crippen LogP contribution in [0.4, 0.5) is 9.18 Å². The number of urea groups is 1. The number of nitrogens with one attached hydrogen (secondary N) is 3. The van der Waals surface area contributed by atoms with Crippen LogP contribution in [0.25, 0.3) is 0 Å². The summed E-state index contributed by atoms with van der Waals surface area (Å²) < 4.78 is 12.9. The van der Waals surface area contributed by atoms with E-state index in [2.05, 4.69) is 29.8 Å². The fourth-order valence-electron chi connectivity index (χ4n) is 2.55. The van der Waals surface area contributed by atoms with E-state index in [0.29, 0.717) is 12.3 Å². The van der Waals surface area contributed by atoms with Crippen molar-refractivity contribution in [1.29, 1.82) is 0 Å². The maximum atomic E-state index is 12.9. The highest BCUT2D eigenvalue weighted by atomic mass is 19.1. The van der Waals surface area contributed by atoms with Gasteiger partial charge in [-0.15, -0.1) is 0 Å². The maximum absolute atomic E-state index is 12.9. The number of carbonyl (C=O) groups excluding carboxylic acids is 2. The van der Waals surface area contributed by atoms with Crippen molar-refractivity contribution in [1.82, 2.24) is 16.0 Å². The van der Waals surface area contributed by atoms with Gasteiger partial charge in [0.2, 0.25) is 5.91 Å². The standard InChI is InChI=1S/C20H32FN3O2/c1-5-6-18(19(25)23-15(4)8-7-14(2)3)24-20(26)22-13-16-9-11-17(21)12-10-16/h9-12,14-15,18H,5-8,13H2,1-4H3,(H,23,25)(H2,22,24,26)/t15-,18-/m1/s1. The van der Waals surface area contributed by atoms with Crippen LogP contribution in [0.5, 0.6) is 0 Å². The summed E-state index contributed by atoms with van der Waals surface area (Å²) in [6.07, 6.45) is 3.33. The molecule has 3 N–H and O–H groups in total. The van der Waals surface area contributed by atoms with E-state index >= 15 is 0 Å². The predicted octanol–water partition coefficient (Wildman–Crippen LogP) is 3.73. The van der Waals surface area contributed by atoms with Crippen molar-refractivity contribution in [2.24, 2.45) is 5.92 Å². The molecule has 0 aliphatic carbocycles. The predicted molar refractivity (Wildman–Crippen MR) is 102 cm³/mol. The molecule has 3 amide bonds. The molecule has 6 heteroatoms. The molecule has 5 nitrogen and oxygen atoms in total. The second-order valence-electron chi connectivity index (χ2n) is 7.18. The Morgan fingerprint density at radius 1 is 1.00 bits per heavy atom. The Bertz CT molecular complexity index is 561. The largest absolute Gasteiger partial charge is 0.352 e. The quantitative estimate of drug-likeness (QED) is 0.591. The number of hydrogen-bond donors (Lipinski definition) is 3. The van der Waals surface area contributed by atoms with Crippen molar-refractivity contribution >= 4 is 11.9 Å². The SMILES string of the molecule is CCC[C@@H](NC(=O)NCc1ccc(F)cc1)C(=O)N[C@H](C)CCC(C)C. The van der Waals surface area contributed by atoms with Crippen LogP contribution < -0.4 is 16.0 Å². The molecule has 0 aliphatic rings. The van der Waals surface area contributed by atoms with Gasteiger partial charge in [-0.05, 0) is 49.8 Å². The molecular formula is C20H32FN3O2. The molecule has 26 heavy (non-hydrogen) atoms. The number of amides is 3. The van der Waals surface area contributed by atoms with Crippen molar-refractivity contribution in [2.45, 2.75) is 72.0 Å². The third-order valence-corrected chi connectivity index (χ3v) is 4.13. The number of rotatable bonds is 10. The van der Waals surface area contributed by atoms with Crippen LogP contribution in [0.2, 0.25) is 0 Å². The molecule has 146 valence electrons. The molecule has 2 atom stereocenters. The van der Waals surface area contributed by atoms with E-state index in [1.165, 1.54) is 12.1 Å². The Kier molecular flexibility index (Phi) is 9.70. The molecule has 0 spiro atoms. The van der Waals surface area contributed by atoms with E-state index in [1.807, 2.05) is 13.8 Å². The minimum atomic E-state index is -0.560. The summed E-state index contributed by atoms with van der Waals surface area (Å²) in [4.78, 5) is 24.5. The zero-order valence-corrected chi connectivity index (χ0v) is 16.3. The van der Waals surface area contributed by atoms with E-state index in [0.717, 1.165) is 24.8 Å². The highest BCUT2D eigenvalue weighted by Gasteiger charge is 2.21. The van der Waals surface area contributed by atoms with Gasteiger partial charge in [0.25, 0.3) is 0 Å². The van der Waals surface area contributed by atoms with Gasteiger partial charge in [0.05, 0.1) is 0 Å². The van der Waals surface area contributed by atoms with E-state index in [-0.39, 0.29) is 24.3 Å². The average molecular weight is 365 g/mol. The van der Waals surface area contributed by atoms with Gasteiger partial charge in [0.15, 0.2) is 0 Å². The molecule has 1 aromatic rings. The topological polar surface area (TPSA) is 70.2 Å². The summed E-state index contributed by atoms with van der Waals surface area (Å²) in [6.45, 7) is 8.54. The minimum Gasteiger partial charge on any atom is -0.352 e. The summed E-state index contributed by atoms with van der Waals surface area (Å²) in [5, 5.41) is 8.42. The molecule has 0 heterocycles. The van der Waals surface area contributed by atoms with Crippen molar-refractivity contribution in [2.75, 3.05) is 0 Å². The zero-order valence-electron chi connectivity index (χ0n) is 16.3. The molecule has 0 fully saturated rings. The van der Waals surface area contributed by atoms with E-state index in [9.17, 15) is 14.0 Å². The lowest BCUT2D eigenvalue weighted by Crippen LogP contribution is -2.51. The minimum absolute atomic E-state index is 0.0772. The lowest BCUT2D eigenvalue weighted by atomic mass is 10.0. The number of hydrogen-bond acceptors (Lipinski definition) is 2. The molecule has 0 saturated heterocycles. The van der Waals surface area contributed by atoms with Crippen LogP contribution in [-0.2, 0) is 11.3 Å². The van der Waals surface area contributed by atoms with Gasteiger partial charge < -0.3 is 16.0 Å². The number of carbonyl (C=O) groups is 2. The summed E-state index contributed by atoms with van der Waals surface area (Å²) in [5.41, 5.74) is 0.792. The molecule has 0 aromatic heterocycles. The summed E-state index contributed by atoms with van der Waals surface area (Å²) in [5.74, 6) is 0.126. The first kappa shape index (κ1) is 21.9. The second kappa shape index (κ2) is 11.5. The smallest absolute Gasteiger partial charge is 0.315 e. The van der Waals surface area contributed by atoms with Crippen molar-refractivity contribution in [3.8, 4) is 0 Å².